The van der Waals surface area contributed by atoms with E-state index in [0.29, 0.717) is 12.8 Å². The zero-order valence-electron chi connectivity index (χ0n) is 36.1. The molecule has 0 saturated carbocycles. The molecule has 0 rings (SSSR count). The summed E-state index contributed by atoms with van der Waals surface area (Å²) in [6.07, 6.45) is 44.2. The smallest absolute Gasteiger partial charge is 0.306 e. The average Bonchev–Trinajstić information content (AvgIpc) is 3.14. The van der Waals surface area contributed by atoms with Crippen molar-refractivity contribution in [3.8, 4) is 0 Å². The lowest BCUT2D eigenvalue weighted by atomic mass is 10.0. The molecule has 0 aromatic rings. The summed E-state index contributed by atoms with van der Waals surface area (Å²) in [6.45, 7) is 4.50. The largest absolute Gasteiger partial charge is 0.544 e. The van der Waals surface area contributed by atoms with E-state index in [1.807, 2.05) is 30.4 Å². The highest BCUT2D eigenvalue weighted by Gasteiger charge is 2.25. The minimum atomic E-state index is -1.13. The van der Waals surface area contributed by atoms with Crippen LogP contribution in [0.2, 0.25) is 0 Å². The van der Waals surface area contributed by atoms with Crippen molar-refractivity contribution in [2.24, 2.45) is 0 Å². The number of ether oxygens (including phenoxy) is 3. The first-order valence-corrected chi connectivity index (χ1v) is 22.2. The number of nitrogens with zero attached hydrogens (tertiary/aromatic N) is 1. The van der Waals surface area contributed by atoms with Gasteiger partial charge in [0.2, 0.25) is 0 Å². The van der Waals surface area contributed by atoms with Crippen LogP contribution in [0.1, 0.15) is 181 Å². The summed E-state index contributed by atoms with van der Waals surface area (Å²) in [5.41, 5.74) is 0. The number of carboxylic acids is 1. The Morgan fingerprint density at radius 1 is 0.564 bits per heavy atom. The van der Waals surface area contributed by atoms with Crippen molar-refractivity contribution < 1.29 is 38.2 Å². The summed E-state index contributed by atoms with van der Waals surface area (Å²) in [5, 5.41) is 11.6. The number of aliphatic carboxylic acids is 1. The van der Waals surface area contributed by atoms with Gasteiger partial charge in [0.1, 0.15) is 12.6 Å². The molecule has 0 bridgehead atoms. The lowest BCUT2D eigenvalue weighted by Gasteiger charge is -2.34. The predicted octanol–water partition coefficient (Wildman–Crippen LogP) is 10.7. The fraction of sp³-hybridized carbons (Fsp3) is 0.766. The first kappa shape index (κ1) is 52.3. The molecule has 8 nitrogen and oxygen atoms in total. The lowest BCUT2D eigenvalue weighted by molar-refractivity contribution is -0.889. The topological polar surface area (TPSA) is 102 Å². The molecule has 0 aliphatic carbocycles. The zero-order chi connectivity index (χ0) is 40.7. The Balaban J connectivity index is 4.36. The highest BCUT2D eigenvalue weighted by Crippen LogP contribution is 2.15. The molecule has 0 aromatic heterocycles. The number of hydrogen-bond acceptors (Lipinski definition) is 7. The monoisotopic (exact) mass is 774 g/mol. The summed E-state index contributed by atoms with van der Waals surface area (Å²) in [5.74, 6) is -1.76. The molecule has 55 heavy (non-hydrogen) atoms. The predicted molar refractivity (Wildman–Crippen MR) is 226 cm³/mol. The quantitative estimate of drug-likeness (QED) is 0.0265. The molecule has 0 amide bonds. The highest BCUT2D eigenvalue weighted by atomic mass is 16.6. The van der Waals surface area contributed by atoms with Gasteiger partial charge in [-0.2, -0.15) is 0 Å². The minimum absolute atomic E-state index is 0.0316. The number of rotatable bonds is 39. The maximum atomic E-state index is 12.7. The van der Waals surface area contributed by atoms with Gasteiger partial charge in [0, 0.05) is 19.3 Å². The third-order valence-corrected chi connectivity index (χ3v) is 9.82. The first-order chi connectivity index (χ1) is 26.6. The third kappa shape index (κ3) is 36.7. The van der Waals surface area contributed by atoms with E-state index in [1.54, 1.807) is 21.1 Å². The Morgan fingerprint density at radius 2 is 1.02 bits per heavy atom. The average molecular weight is 774 g/mol. The number of carbonyl (C=O) groups excluding carboxylic acids is 3. The molecule has 0 radical (unpaired) electrons. The Kier molecular flexibility index (Phi) is 36.3. The van der Waals surface area contributed by atoms with Crippen LogP contribution in [-0.4, -0.2) is 75.5 Å². The van der Waals surface area contributed by atoms with Crippen molar-refractivity contribution in [3.05, 3.63) is 48.6 Å². The number of likely N-dealkylation sites (N-methyl/N-ethyl adjacent to an activating group) is 1. The SMILES string of the molecule is CC/C=C/C=C/C=C/C=C/CCCCCCCC(=O)OC(COCCC(C(=O)[O-])[N+](C)(C)C)COC(=O)CCCCCCCCCCCCCCCCCC. The summed E-state index contributed by atoms with van der Waals surface area (Å²) in [6, 6.07) is -0.730. The fourth-order valence-corrected chi connectivity index (χ4v) is 6.38. The molecule has 0 spiro atoms. The highest BCUT2D eigenvalue weighted by molar-refractivity contribution is 5.70. The van der Waals surface area contributed by atoms with Crippen LogP contribution in [0.3, 0.4) is 0 Å². The summed E-state index contributed by atoms with van der Waals surface area (Å²) in [7, 11) is 5.40. The molecule has 0 aliphatic rings. The fourth-order valence-electron chi connectivity index (χ4n) is 6.38. The van der Waals surface area contributed by atoms with E-state index >= 15 is 0 Å². The van der Waals surface area contributed by atoms with E-state index in [0.717, 1.165) is 64.2 Å². The zero-order valence-corrected chi connectivity index (χ0v) is 36.1. The van der Waals surface area contributed by atoms with Crippen LogP contribution in [0.5, 0.6) is 0 Å². The molecule has 0 aliphatic heterocycles. The third-order valence-electron chi connectivity index (χ3n) is 9.82. The molecule has 8 heteroatoms. The number of carboxylic acid groups (broad SMARTS) is 1. The molecular formula is C47H83NO7. The van der Waals surface area contributed by atoms with Gasteiger partial charge in [0.05, 0.1) is 40.3 Å². The van der Waals surface area contributed by atoms with Crippen molar-refractivity contribution >= 4 is 17.9 Å². The number of quaternary nitrogens is 1. The lowest BCUT2D eigenvalue weighted by Crippen LogP contribution is -2.55. The number of esters is 2. The van der Waals surface area contributed by atoms with E-state index in [2.05, 4.69) is 32.1 Å². The van der Waals surface area contributed by atoms with E-state index in [1.165, 1.54) is 83.5 Å². The first-order valence-electron chi connectivity index (χ1n) is 22.2. The number of hydrogen-bond donors (Lipinski definition) is 0. The van der Waals surface area contributed by atoms with Crippen LogP contribution in [0.25, 0.3) is 0 Å². The summed E-state index contributed by atoms with van der Waals surface area (Å²) in [4.78, 5) is 36.8. The van der Waals surface area contributed by atoms with Crippen LogP contribution >= 0.6 is 0 Å². The van der Waals surface area contributed by atoms with Gasteiger partial charge in [-0.15, -0.1) is 0 Å². The number of allylic oxidation sites excluding steroid dienone is 8. The van der Waals surface area contributed by atoms with E-state index in [4.69, 9.17) is 14.2 Å². The van der Waals surface area contributed by atoms with Gasteiger partial charge < -0.3 is 28.6 Å². The molecule has 0 heterocycles. The molecule has 0 saturated heterocycles. The minimum Gasteiger partial charge on any atom is -0.544 e. The van der Waals surface area contributed by atoms with Crippen molar-refractivity contribution in [2.75, 3.05) is 41.0 Å². The number of unbranched alkanes of at least 4 members (excludes halogenated alkanes) is 20. The van der Waals surface area contributed by atoms with Gasteiger partial charge in [0.15, 0.2) is 6.10 Å². The van der Waals surface area contributed by atoms with Crippen LogP contribution in [-0.2, 0) is 28.6 Å². The molecular weight excluding hydrogens is 691 g/mol. The van der Waals surface area contributed by atoms with E-state index in [-0.39, 0.29) is 42.7 Å². The summed E-state index contributed by atoms with van der Waals surface area (Å²) < 4.78 is 17.1. The van der Waals surface area contributed by atoms with Crippen LogP contribution in [0.4, 0.5) is 0 Å². The van der Waals surface area contributed by atoms with E-state index in [9.17, 15) is 19.5 Å². The maximum Gasteiger partial charge on any atom is 0.306 e. The van der Waals surface area contributed by atoms with Gasteiger partial charge in [0.25, 0.3) is 0 Å². The standard InChI is InChI=1S/C47H83NO7/c1-6-8-10-12-14-16-18-20-22-24-25-27-29-31-33-35-37-45(49)54-42-43(41-53-40-39-44(47(51)52)48(3,4)5)55-46(50)38-36-34-32-30-28-26-23-21-19-17-15-13-11-9-7-2/h9,11,13,15,17,19,21,23,43-44H,6-8,10,12,14,16,18,20,22,24-42H2,1-5H3/b11-9+,15-13+,19-17+,23-21+. The van der Waals surface area contributed by atoms with E-state index < -0.39 is 18.1 Å². The molecule has 318 valence electrons. The van der Waals surface area contributed by atoms with Gasteiger partial charge in [-0.25, -0.2) is 0 Å². The van der Waals surface area contributed by atoms with Crippen LogP contribution in [0.15, 0.2) is 48.6 Å². The van der Waals surface area contributed by atoms with Crippen molar-refractivity contribution in [1.29, 1.82) is 0 Å². The Hall–Kier alpha value is -2.71. The Bertz CT molecular complexity index is 1040. The molecule has 2 atom stereocenters. The molecule has 0 aromatic carbocycles. The Morgan fingerprint density at radius 3 is 1.51 bits per heavy atom. The van der Waals surface area contributed by atoms with Crippen LogP contribution < -0.4 is 5.11 Å². The van der Waals surface area contributed by atoms with Gasteiger partial charge in [-0.1, -0.05) is 178 Å². The normalized spacial score (nSPS) is 13.4. The van der Waals surface area contributed by atoms with Gasteiger partial charge in [-0.3, -0.25) is 9.59 Å². The Labute approximate surface area is 337 Å². The number of carbonyl (C=O) groups is 3. The van der Waals surface area contributed by atoms with Crippen LogP contribution in [0, 0.1) is 0 Å². The van der Waals surface area contributed by atoms with Gasteiger partial charge in [-0.05, 0) is 32.1 Å². The van der Waals surface area contributed by atoms with Crippen molar-refractivity contribution in [3.63, 3.8) is 0 Å². The second kappa shape index (κ2) is 38.2. The maximum absolute atomic E-state index is 12.7. The molecule has 0 N–H and O–H groups in total. The second-order valence-corrected chi connectivity index (χ2v) is 16.0. The molecule has 2 unspecified atom stereocenters. The second-order valence-electron chi connectivity index (χ2n) is 16.0. The van der Waals surface area contributed by atoms with Crippen molar-refractivity contribution in [2.45, 2.75) is 193 Å². The van der Waals surface area contributed by atoms with Crippen molar-refractivity contribution in [1.82, 2.24) is 0 Å². The molecule has 0 fully saturated rings. The van der Waals surface area contributed by atoms with Gasteiger partial charge >= 0.3 is 11.9 Å². The summed E-state index contributed by atoms with van der Waals surface area (Å²) >= 11 is 0.